The Balaban J connectivity index is 2.34. The zero-order valence-corrected chi connectivity index (χ0v) is 10.6. The lowest BCUT2D eigenvalue weighted by Crippen LogP contribution is -2.16. The van der Waals surface area contributed by atoms with E-state index < -0.39 is 17.5 Å². The molecule has 2 aromatic carbocycles. The highest BCUT2D eigenvalue weighted by Gasteiger charge is 2.15. The Morgan fingerprint density at radius 2 is 1.63 bits per heavy atom. The van der Waals surface area contributed by atoms with Crippen molar-refractivity contribution in [2.45, 2.75) is 13.8 Å². The van der Waals surface area contributed by atoms with Gasteiger partial charge in [0.05, 0.1) is 11.3 Å². The van der Waals surface area contributed by atoms with Crippen LogP contribution in [0.1, 0.15) is 21.5 Å². The fourth-order valence-corrected chi connectivity index (χ4v) is 1.79. The van der Waals surface area contributed by atoms with Crippen molar-refractivity contribution >= 4 is 11.6 Å². The lowest BCUT2D eigenvalue weighted by Gasteiger charge is -2.10. The number of amides is 1. The topological polar surface area (TPSA) is 29.1 Å². The zero-order chi connectivity index (χ0) is 14.0. The Kier molecular flexibility index (Phi) is 3.60. The van der Waals surface area contributed by atoms with E-state index in [4.69, 9.17) is 0 Å². The van der Waals surface area contributed by atoms with Crippen LogP contribution in [0, 0.1) is 25.5 Å². The van der Waals surface area contributed by atoms with Gasteiger partial charge < -0.3 is 5.32 Å². The Morgan fingerprint density at radius 3 is 2.32 bits per heavy atom. The quantitative estimate of drug-likeness (QED) is 0.874. The molecular formula is C15H13F2NO. The second kappa shape index (κ2) is 5.18. The van der Waals surface area contributed by atoms with Crippen LogP contribution in [0.4, 0.5) is 14.5 Å². The molecule has 2 aromatic rings. The van der Waals surface area contributed by atoms with Crippen LogP contribution in [0.15, 0.2) is 36.4 Å². The van der Waals surface area contributed by atoms with Crippen molar-refractivity contribution in [3.8, 4) is 0 Å². The Bertz CT molecular complexity index is 618. The summed E-state index contributed by atoms with van der Waals surface area (Å²) >= 11 is 0. The first-order valence-electron chi connectivity index (χ1n) is 5.82. The highest BCUT2D eigenvalue weighted by molar-refractivity contribution is 6.05. The van der Waals surface area contributed by atoms with Gasteiger partial charge >= 0.3 is 0 Å². The lowest BCUT2D eigenvalue weighted by atomic mass is 10.1. The SMILES string of the molecule is Cc1cccc(C(=O)Nc2c(C)cccc2F)c1F. The van der Waals surface area contributed by atoms with Crippen molar-refractivity contribution in [3.63, 3.8) is 0 Å². The Hall–Kier alpha value is -2.23. The summed E-state index contributed by atoms with van der Waals surface area (Å²) in [5, 5.41) is 2.41. The molecule has 1 N–H and O–H groups in total. The highest BCUT2D eigenvalue weighted by Crippen LogP contribution is 2.20. The number of hydrogen-bond acceptors (Lipinski definition) is 1. The molecule has 0 fully saturated rings. The summed E-state index contributed by atoms with van der Waals surface area (Å²) in [6, 6.07) is 8.99. The predicted octanol–water partition coefficient (Wildman–Crippen LogP) is 3.83. The molecule has 0 aliphatic rings. The third-order valence-electron chi connectivity index (χ3n) is 2.90. The van der Waals surface area contributed by atoms with E-state index in [1.165, 1.54) is 12.1 Å². The largest absolute Gasteiger partial charge is 0.319 e. The second-order valence-corrected chi connectivity index (χ2v) is 4.32. The second-order valence-electron chi connectivity index (χ2n) is 4.32. The molecule has 0 heterocycles. The van der Waals surface area contributed by atoms with Gasteiger partial charge in [-0.1, -0.05) is 24.3 Å². The van der Waals surface area contributed by atoms with E-state index in [1.807, 2.05) is 0 Å². The van der Waals surface area contributed by atoms with E-state index in [-0.39, 0.29) is 11.3 Å². The minimum Gasteiger partial charge on any atom is -0.319 e. The fourth-order valence-electron chi connectivity index (χ4n) is 1.79. The summed E-state index contributed by atoms with van der Waals surface area (Å²) in [4.78, 5) is 12.0. The van der Waals surface area contributed by atoms with Crippen LogP contribution >= 0.6 is 0 Å². The predicted molar refractivity (Wildman–Crippen MR) is 70.2 cm³/mol. The molecule has 0 spiro atoms. The number of anilines is 1. The third-order valence-corrected chi connectivity index (χ3v) is 2.90. The summed E-state index contributed by atoms with van der Waals surface area (Å²) in [6.07, 6.45) is 0. The minimum absolute atomic E-state index is 0.0772. The molecule has 0 atom stereocenters. The molecule has 0 radical (unpaired) electrons. The molecule has 2 rings (SSSR count). The van der Waals surface area contributed by atoms with Gasteiger partial charge in [0.25, 0.3) is 5.91 Å². The van der Waals surface area contributed by atoms with Gasteiger partial charge in [-0.15, -0.1) is 0 Å². The van der Waals surface area contributed by atoms with Gasteiger partial charge in [-0.3, -0.25) is 4.79 Å². The maximum atomic E-state index is 13.8. The molecule has 0 aliphatic carbocycles. The molecular weight excluding hydrogens is 248 g/mol. The molecule has 0 bridgehead atoms. The van der Waals surface area contributed by atoms with Crippen molar-refractivity contribution in [2.75, 3.05) is 5.32 Å². The van der Waals surface area contributed by atoms with E-state index in [9.17, 15) is 13.6 Å². The van der Waals surface area contributed by atoms with Gasteiger partial charge in [-0.2, -0.15) is 0 Å². The monoisotopic (exact) mass is 261 g/mol. The maximum Gasteiger partial charge on any atom is 0.258 e. The number of para-hydroxylation sites is 1. The van der Waals surface area contributed by atoms with Crippen LogP contribution in [0.2, 0.25) is 0 Å². The average Bonchev–Trinajstić information content (AvgIpc) is 2.37. The van der Waals surface area contributed by atoms with E-state index >= 15 is 0 Å². The van der Waals surface area contributed by atoms with Gasteiger partial charge in [0.15, 0.2) is 0 Å². The van der Waals surface area contributed by atoms with E-state index in [0.717, 1.165) is 0 Å². The molecule has 4 heteroatoms. The number of hydrogen-bond donors (Lipinski definition) is 1. The molecule has 0 aliphatic heterocycles. The summed E-state index contributed by atoms with van der Waals surface area (Å²) in [7, 11) is 0. The van der Waals surface area contributed by atoms with Crippen LogP contribution in [0.25, 0.3) is 0 Å². The zero-order valence-electron chi connectivity index (χ0n) is 10.6. The number of carbonyl (C=O) groups is 1. The normalized spacial score (nSPS) is 10.3. The maximum absolute atomic E-state index is 13.8. The molecule has 2 nitrogen and oxygen atoms in total. The van der Waals surface area contributed by atoms with Crippen LogP contribution in [0.5, 0.6) is 0 Å². The van der Waals surface area contributed by atoms with E-state index in [2.05, 4.69) is 5.32 Å². The van der Waals surface area contributed by atoms with Gasteiger partial charge in [0, 0.05) is 0 Å². The Labute approximate surface area is 110 Å². The number of rotatable bonds is 2. The van der Waals surface area contributed by atoms with Gasteiger partial charge in [-0.25, -0.2) is 8.78 Å². The summed E-state index contributed by atoms with van der Waals surface area (Å²) in [5.74, 6) is -1.79. The van der Waals surface area contributed by atoms with E-state index in [0.29, 0.717) is 11.1 Å². The van der Waals surface area contributed by atoms with Crippen molar-refractivity contribution in [3.05, 3.63) is 64.7 Å². The highest BCUT2D eigenvalue weighted by atomic mass is 19.1. The fraction of sp³-hybridized carbons (Fsp3) is 0.133. The van der Waals surface area contributed by atoms with E-state index in [1.54, 1.807) is 38.1 Å². The van der Waals surface area contributed by atoms with Crippen LogP contribution in [-0.2, 0) is 0 Å². The molecule has 0 unspecified atom stereocenters. The molecule has 1 amide bonds. The number of halogens is 2. The summed E-state index contributed by atoms with van der Waals surface area (Å²) in [6.45, 7) is 3.24. The molecule has 0 aromatic heterocycles. The van der Waals surface area contributed by atoms with Gasteiger partial charge in [0.2, 0.25) is 0 Å². The number of aryl methyl sites for hydroxylation is 2. The van der Waals surface area contributed by atoms with Crippen molar-refractivity contribution in [1.29, 1.82) is 0 Å². The molecule has 98 valence electrons. The first kappa shape index (κ1) is 13.2. The summed E-state index contributed by atoms with van der Waals surface area (Å²) in [5.41, 5.74) is 0.940. The first-order valence-corrected chi connectivity index (χ1v) is 5.82. The number of carbonyl (C=O) groups excluding carboxylic acids is 1. The molecule has 19 heavy (non-hydrogen) atoms. The number of benzene rings is 2. The van der Waals surface area contributed by atoms with Gasteiger partial charge in [-0.05, 0) is 37.1 Å². The first-order chi connectivity index (χ1) is 9.00. The van der Waals surface area contributed by atoms with Crippen molar-refractivity contribution in [1.82, 2.24) is 0 Å². The lowest BCUT2D eigenvalue weighted by molar-refractivity contribution is 0.102. The summed E-state index contributed by atoms with van der Waals surface area (Å²) < 4.78 is 27.4. The van der Waals surface area contributed by atoms with Crippen molar-refractivity contribution in [2.24, 2.45) is 0 Å². The Morgan fingerprint density at radius 1 is 1.00 bits per heavy atom. The van der Waals surface area contributed by atoms with Crippen LogP contribution in [-0.4, -0.2) is 5.91 Å². The molecule has 0 saturated carbocycles. The smallest absolute Gasteiger partial charge is 0.258 e. The van der Waals surface area contributed by atoms with Crippen molar-refractivity contribution < 1.29 is 13.6 Å². The van der Waals surface area contributed by atoms with Gasteiger partial charge in [0.1, 0.15) is 11.6 Å². The minimum atomic E-state index is -0.658. The average molecular weight is 261 g/mol. The third kappa shape index (κ3) is 2.62. The standard InChI is InChI=1S/C15H13F2NO/c1-9-5-3-7-11(13(9)17)15(19)18-14-10(2)6-4-8-12(14)16/h3-8H,1-2H3,(H,18,19). The molecule has 0 saturated heterocycles. The van der Waals surface area contributed by atoms with Crippen LogP contribution in [0.3, 0.4) is 0 Å². The number of nitrogens with one attached hydrogen (secondary N) is 1. The van der Waals surface area contributed by atoms with Crippen LogP contribution < -0.4 is 5.32 Å².